The van der Waals surface area contributed by atoms with E-state index in [4.69, 9.17) is 11.1 Å². The Kier molecular flexibility index (Phi) is 3.63. The molecule has 1 aromatic carbocycles. The predicted molar refractivity (Wildman–Crippen MR) is 88.7 cm³/mol. The number of nitrogens with two attached hydrogens (primary N) is 1. The number of amides is 1. The summed E-state index contributed by atoms with van der Waals surface area (Å²) >= 11 is 0. The number of hydrogen-bond donors (Lipinski definition) is 3. The zero-order chi connectivity index (χ0) is 15.7. The van der Waals surface area contributed by atoms with Crippen molar-refractivity contribution in [2.24, 2.45) is 11.7 Å². The Morgan fingerprint density at radius 3 is 2.77 bits per heavy atom. The largest absolute Gasteiger partial charge is 0.402 e. The smallest absolute Gasteiger partial charge is 0.228 e. The molecule has 5 heteroatoms. The maximum Gasteiger partial charge on any atom is 0.228 e. The highest BCUT2D eigenvalue weighted by atomic mass is 16.2. The van der Waals surface area contributed by atoms with E-state index in [9.17, 15) is 4.79 Å². The minimum absolute atomic E-state index is 0.0521. The van der Waals surface area contributed by atoms with Gasteiger partial charge < -0.3 is 16.5 Å². The standard InChI is InChI=1S/C17H18N4O/c1-10(19)15(8-18)13-5-4-12-7-16(20-9-14(12)6-13)21-17(22)11-2-3-11/h4-9,11,18H,2-3,19H2,1H3,(H,20,21,22). The van der Waals surface area contributed by atoms with Gasteiger partial charge in [0.2, 0.25) is 5.91 Å². The number of benzene rings is 1. The van der Waals surface area contributed by atoms with Crippen molar-refractivity contribution in [2.75, 3.05) is 5.32 Å². The molecule has 0 bridgehead atoms. The molecule has 22 heavy (non-hydrogen) atoms. The van der Waals surface area contributed by atoms with Crippen LogP contribution in [0.5, 0.6) is 0 Å². The molecule has 0 spiro atoms. The van der Waals surface area contributed by atoms with Gasteiger partial charge in [0.05, 0.1) is 0 Å². The van der Waals surface area contributed by atoms with E-state index in [1.54, 1.807) is 13.1 Å². The molecule has 1 aliphatic rings. The number of allylic oxidation sites excluding steroid dienone is 2. The number of rotatable bonds is 4. The second-order valence-electron chi connectivity index (χ2n) is 5.64. The number of fused-ring (bicyclic) bond motifs is 1. The first-order valence-electron chi connectivity index (χ1n) is 7.26. The molecule has 1 heterocycles. The van der Waals surface area contributed by atoms with Crippen molar-refractivity contribution < 1.29 is 4.79 Å². The third kappa shape index (κ3) is 2.83. The van der Waals surface area contributed by atoms with Crippen LogP contribution in [0.15, 0.2) is 36.2 Å². The van der Waals surface area contributed by atoms with Crippen LogP contribution in [0, 0.1) is 11.3 Å². The predicted octanol–water partition coefficient (Wildman–Crippen LogP) is 2.92. The number of carbonyl (C=O) groups is 1. The van der Waals surface area contributed by atoms with Gasteiger partial charge in [-0.1, -0.05) is 12.1 Å². The molecule has 112 valence electrons. The normalized spacial score (nSPS) is 15.3. The maximum atomic E-state index is 11.8. The van der Waals surface area contributed by atoms with Gasteiger partial charge >= 0.3 is 0 Å². The molecule has 2 aromatic rings. The molecule has 1 amide bonds. The zero-order valence-electron chi connectivity index (χ0n) is 12.4. The van der Waals surface area contributed by atoms with E-state index in [1.807, 2.05) is 24.3 Å². The second-order valence-corrected chi connectivity index (χ2v) is 5.64. The minimum Gasteiger partial charge on any atom is -0.402 e. The van der Waals surface area contributed by atoms with Crippen LogP contribution in [0.3, 0.4) is 0 Å². The Bertz CT molecular complexity index is 786. The summed E-state index contributed by atoms with van der Waals surface area (Å²) in [6.07, 6.45) is 4.93. The fourth-order valence-corrected chi connectivity index (χ4v) is 2.38. The molecule has 1 aliphatic carbocycles. The van der Waals surface area contributed by atoms with E-state index >= 15 is 0 Å². The van der Waals surface area contributed by atoms with E-state index < -0.39 is 0 Å². The molecule has 0 unspecified atom stereocenters. The maximum absolute atomic E-state index is 11.8. The molecule has 3 rings (SSSR count). The lowest BCUT2D eigenvalue weighted by Crippen LogP contribution is -2.14. The van der Waals surface area contributed by atoms with Gasteiger partial charge in [0.15, 0.2) is 0 Å². The van der Waals surface area contributed by atoms with E-state index in [-0.39, 0.29) is 11.8 Å². The highest BCUT2D eigenvalue weighted by Gasteiger charge is 2.29. The van der Waals surface area contributed by atoms with Crippen molar-refractivity contribution in [2.45, 2.75) is 19.8 Å². The van der Waals surface area contributed by atoms with Crippen molar-refractivity contribution in [3.8, 4) is 0 Å². The summed E-state index contributed by atoms with van der Waals surface area (Å²) < 4.78 is 0. The first-order chi connectivity index (χ1) is 10.6. The molecule has 5 nitrogen and oxygen atoms in total. The number of nitrogens with zero attached hydrogens (tertiary/aromatic N) is 1. The third-order valence-corrected chi connectivity index (χ3v) is 3.80. The molecule has 0 aliphatic heterocycles. The summed E-state index contributed by atoms with van der Waals surface area (Å²) in [7, 11) is 0. The summed E-state index contributed by atoms with van der Waals surface area (Å²) in [4.78, 5) is 16.1. The number of nitrogens with one attached hydrogen (secondary N) is 2. The average Bonchev–Trinajstić information content (AvgIpc) is 3.32. The second kappa shape index (κ2) is 5.60. The Balaban J connectivity index is 1.92. The lowest BCUT2D eigenvalue weighted by Gasteiger charge is -2.08. The molecular weight excluding hydrogens is 276 g/mol. The Labute approximate surface area is 128 Å². The number of carbonyl (C=O) groups excluding carboxylic acids is 1. The van der Waals surface area contributed by atoms with Gasteiger partial charge in [-0.3, -0.25) is 4.79 Å². The molecule has 1 aromatic heterocycles. The van der Waals surface area contributed by atoms with Crippen LogP contribution < -0.4 is 11.1 Å². The molecule has 4 N–H and O–H groups in total. The van der Waals surface area contributed by atoms with Gasteiger partial charge in [0.1, 0.15) is 5.82 Å². The monoisotopic (exact) mass is 294 g/mol. The summed E-state index contributed by atoms with van der Waals surface area (Å²) in [5.74, 6) is 0.791. The summed E-state index contributed by atoms with van der Waals surface area (Å²) in [5, 5.41) is 12.3. The fraction of sp³-hybridized carbons (Fsp3) is 0.235. The van der Waals surface area contributed by atoms with Crippen molar-refractivity contribution >= 4 is 34.3 Å². The Hall–Kier alpha value is -2.69. The van der Waals surface area contributed by atoms with Crippen molar-refractivity contribution in [1.82, 2.24) is 4.98 Å². The number of hydrogen-bond acceptors (Lipinski definition) is 4. The Morgan fingerprint density at radius 1 is 1.36 bits per heavy atom. The van der Waals surface area contributed by atoms with Crippen LogP contribution in [0.2, 0.25) is 0 Å². The number of pyridine rings is 1. The molecule has 0 atom stereocenters. The fourth-order valence-electron chi connectivity index (χ4n) is 2.38. The summed E-state index contributed by atoms with van der Waals surface area (Å²) in [6.45, 7) is 1.78. The van der Waals surface area contributed by atoms with Crippen LogP contribution in [0.4, 0.5) is 5.82 Å². The van der Waals surface area contributed by atoms with Gasteiger partial charge in [-0.2, -0.15) is 0 Å². The van der Waals surface area contributed by atoms with E-state index in [0.717, 1.165) is 29.2 Å². The van der Waals surface area contributed by atoms with Gasteiger partial charge in [0, 0.05) is 35.0 Å². The lowest BCUT2D eigenvalue weighted by molar-refractivity contribution is -0.117. The molecule has 0 radical (unpaired) electrons. The highest BCUT2D eigenvalue weighted by molar-refractivity contribution is 6.10. The molecule has 1 fully saturated rings. The van der Waals surface area contributed by atoms with Crippen molar-refractivity contribution in [3.05, 3.63) is 41.7 Å². The van der Waals surface area contributed by atoms with E-state index in [0.29, 0.717) is 17.1 Å². The van der Waals surface area contributed by atoms with Crippen molar-refractivity contribution in [1.29, 1.82) is 5.41 Å². The van der Waals surface area contributed by atoms with Crippen LogP contribution >= 0.6 is 0 Å². The molecule has 1 saturated carbocycles. The number of anilines is 1. The summed E-state index contributed by atoms with van der Waals surface area (Å²) in [6, 6.07) is 7.69. The van der Waals surface area contributed by atoms with Crippen LogP contribution in [0.1, 0.15) is 25.3 Å². The van der Waals surface area contributed by atoms with Crippen LogP contribution in [-0.2, 0) is 4.79 Å². The van der Waals surface area contributed by atoms with Gasteiger partial charge in [0.25, 0.3) is 0 Å². The molecular formula is C17H18N4O. The van der Waals surface area contributed by atoms with Crippen molar-refractivity contribution in [3.63, 3.8) is 0 Å². The lowest BCUT2D eigenvalue weighted by atomic mass is 10.0. The first kappa shape index (κ1) is 14.3. The average molecular weight is 294 g/mol. The van der Waals surface area contributed by atoms with Gasteiger partial charge in [-0.05, 0) is 42.8 Å². The van der Waals surface area contributed by atoms with Gasteiger partial charge in [-0.15, -0.1) is 0 Å². The first-order valence-corrected chi connectivity index (χ1v) is 7.26. The molecule has 0 saturated heterocycles. The SMILES string of the molecule is CC(N)=C(C=N)c1ccc2cc(NC(=O)C3CC3)ncc2c1. The van der Waals surface area contributed by atoms with Gasteiger partial charge in [-0.25, -0.2) is 4.98 Å². The highest BCUT2D eigenvalue weighted by Crippen LogP contribution is 2.30. The number of aromatic nitrogens is 1. The van der Waals surface area contributed by atoms with Crippen LogP contribution in [-0.4, -0.2) is 17.1 Å². The minimum atomic E-state index is 0.0521. The van der Waals surface area contributed by atoms with E-state index in [1.165, 1.54) is 6.21 Å². The topological polar surface area (TPSA) is 91.9 Å². The van der Waals surface area contributed by atoms with Crippen LogP contribution in [0.25, 0.3) is 16.3 Å². The third-order valence-electron chi connectivity index (χ3n) is 3.80. The zero-order valence-corrected chi connectivity index (χ0v) is 12.4. The summed E-state index contributed by atoms with van der Waals surface area (Å²) in [5.41, 5.74) is 8.00. The van der Waals surface area contributed by atoms with E-state index in [2.05, 4.69) is 10.3 Å². The quantitative estimate of drug-likeness (QED) is 0.757. The Morgan fingerprint density at radius 2 is 2.14 bits per heavy atom.